The van der Waals surface area contributed by atoms with Crippen LogP contribution >= 0.6 is 0 Å². The predicted molar refractivity (Wildman–Crippen MR) is 84.2 cm³/mol. The number of nitrogens with zero attached hydrogens (tertiary/aromatic N) is 1. The third kappa shape index (κ3) is 6.49. The maximum absolute atomic E-state index is 12.1. The van der Waals surface area contributed by atoms with Crippen molar-refractivity contribution in [3.63, 3.8) is 0 Å². The Morgan fingerprint density at radius 2 is 1.71 bits per heavy atom. The molecule has 0 saturated carbocycles. The lowest BCUT2D eigenvalue weighted by Gasteiger charge is -2.35. The van der Waals surface area contributed by atoms with E-state index in [1.165, 1.54) is 0 Å². The van der Waals surface area contributed by atoms with E-state index in [1.54, 1.807) is 0 Å². The van der Waals surface area contributed by atoms with Crippen LogP contribution in [0.15, 0.2) is 24.3 Å². The van der Waals surface area contributed by atoms with Crippen LogP contribution in [0, 0.1) is 0 Å². The zero-order chi connectivity index (χ0) is 17.7. The van der Waals surface area contributed by atoms with Crippen molar-refractivity contribution in [3.05, 3.63) is 35.4 Å². The Morgan fingerprint density at radius 1 is 1.17 bits per heavy atom. The molecule has 4 nitrogen and oxygen atoms in total. The van der Waals surface area contributed by atoms with E-state index >= 15 is 0 Å². The van der Waals surface area contributed by atoms with Crippen molar-refractivity contribution in [2.45, 2.75) is 51.7 Å². The number of rotatable bonds is 5. The molecule has 1 fully saturated rings. The summed E-state index contributed by atoms with van der Waals surface area (Å²) in [6.45, 7) is 6.75. The molecule has 2 atom stereocenters. The Labute approximate surface area is 140 Å². The van der Waals surface area contributed by atoms with Gasteiger partial charge in [0.2, 0.25) is 5.91 Å². The number of carbonyl (C=O) groups excluding carboxylic acids is 1. The molecule has 1 aromatic carbocycles. The zero-order valence-electron chi connectivity index (χ0n) is 13.9. The molecule has 1 saturated heterocycles. The molecule has 1 aliphatic rings. The number of hydrogen-bond acceptors (Lipinski definition) is 3. The molecule has 2 rings (SSSR count). The fourth-order valence-electron chi connectivity index (χ4n) is 2.88. The Hall–Kier alpha value is -1.60. The second-order valence-electron chi connectivity index (χ2n) is 6.34. The monoisotopic (exact) mass is 344 g/mol. The number of alkyl halides is 3. The van der Waals surface area contributed by atoms with Gasteiger partial charge in [0.25, 0.3) is 0 Å². The van der Waals surface area contributed by atoms with Crippen molar-refractivity contribution < 1.29 is 22.7 Å². The van der Waals surface area contributed by atoms with Gasteiger partial charge in [0.15, 0.2) is 0 Å². The summed E-state index contributed by atoms with van der Waals surface area (Å²) in [6.07, 6.45) is -5.51. The molecule has 24 heavy (non-hydrogen) atoms. The molecule has 0 bridgehead atoms. The topological polar surface area (TPSA) is 41.6 Å². The average molecular weight is 344 g/mol. The molecule has 7 heteroatoms. The maximum Gasteiger partial charge on any atom is 0.397 e. The van der Waals surface area contributed by atoms with Gasteiger partial charge in [-0.05, 0) is 25.0 Å². The highest BCUT2D eigenvalue weighted by molar-refractivity contribution is 5.76. The number of ether oxygens (including phenoxy) is 1. The minimum absolute atomic E-state index is 0.0980. The van der Waals surface area contributed by atoms with Crippen LogP contribution < -0.4 is 5.32 Å². The Balaban J connectivity index is 1.81. The van der Waals surface area contributed by atoms with Crippen molar-refractivity contribution in [1.82, 2.24) is 10.2 Å². The van der Waals surface area contributed by atoms with Gasteiger partial charge < -0.3 is 10.1 Å². The first-order valence-electron chi connectivity index (χ1n) is 8.00. The summed E-state index contributed by atoms with van der Waals surface area (Å²) in [5.41, 5.74) is 1.90. The summed E-state index contributed by atoms with van der Waals surface area (Å²) in [5.74, 6) is -1.01. The third-order valence-corrected chi connectivity index (χ3v) is 3.78. The fraction of sp³-hybridized carbons (Fsp3) is 0.588. The van der Waals surface area contributed by atoms with Gasteiger partial charge in [-0.15, -0.1) is 0 Å². The number of morpholine rings is 1. The molecule has 1 amide bonds. The van der Waals surface area contributed by atoms with Crippen LogP contribution in [0.4, 0.5) is 13.2 Å². The summed E-state index contributed by atoms with van der Waals surface area (Å²) in [5, 5.41) is 2.28. The zero-order valence-corrected chi connectivity index (χ0v) is 13.9. The first-order chi connectivity index (χ1) is 11.2. The molecular weight excluding hydrogens is 321 g/mol. The summed E-state index contributed by atoms with van der Waals surface area (Å²) >= 11 is 0. The van der Waals surface area contributed by atoms with Gasteiger partial charge in [-0.2, -0.15) is 13.2 Å². The van der Waals surface area contributed by atoms with Crippen LogP contribution in [0.25, 0.3) is 0 Å². The summed E-state index contributed by atoms with van der Waals surface area (Å²) in [4.78, 5) is 13.5. The minimum Gasteiger partial charge on any atom is -0.373 e. The van der Waals surface area contributed by atoms with Crippen LogP contribution in [0.2, 0.25) is 0 Å². The third-order valence-electron chi connectivity index (χ3n) is 3.78. The van der Waals surface area contributed by atoms with Gasteiger partial charge in [0.05, 0.1) is 12.2 Å². The number of halogens is 3. The molecule has 1 N–H and O–H groups in total. The lowest BCUT2D eigenvalue weighted by molar-refractivity contribution is -0.153. The van der Waals surface area contributed by atoms with Crippen molar-refractivity contribution in [1.29, 1.82) is 0 Å². The van der Waals surface area contributed by atoms with Crippen molar-refractivity contribution in [2.75, 3.05) is 13.1 Å². The Morgan fingerprint density at radius 3 is 2.25 bits per heavy atom. The number of carbonyl (C=O) groups is 1. The highest BCUT2D eigenvalue weighted by atomic mass is 19.4. The summed E-state index contributed by atoms with van der Waals surface area (Å²) in [6, 6.07) is 7.54. The molecule has 0 radical (unpaired) electrons. The Kier molecular flexibility index (Phi) is 6.23. The molecule has 0 aliphatic carbocycles. The van der Waals surface area contributed by atoms with Crippen molar-refractivity contribution in [2.24, 2.45) is 0 Å². The largest absolute Gasteiger partial charge is 0.397 e. The highest BCUT2D eigenvalue weighted by Gasteiger charge is 2.30. The number of nitrogens with one attached hydrogen (secondary N) is 1. The SMILES string of the molecule is C[C@@H]1CN(Cc2ccc(CNC(=O)CC(F)(F)F)cc2)C[C@H](C)O1. The standard InChI is InChI=1S/C17H23F3N2O2/c1-12-9-22(10-13(2)24-12)11-15-5-3-14(4-6-15)8-21-16(23)7-17(18,19)20/h3-6,12-13H,7-11H2,1-2H3,(H,21,23)/t12-,13+. The van der Waals surface area contributed by atoms with Crippen molar-refractivity contribution in [3.8, 4) is 0 Å². The lowest BCUT2D eigenvalue weighted by Crippen LogP contribution is -2.44. The van der Waals surface area contributed by atoms with E-state index in [0.717, 1.165) is 30.8 Å². The van der Waals surface area contributed by atoms with Crippen LogP contribution in [0.5, 0.6) is 0 Å². The van der Waals surface area contributed by atoms with E-state index in [2.05, 4.69) is 24.1 Å². The summed E-state index contributed by atoms with van der Waals surface area (Å²) in [7, 11) is 0. The molecule has 1 aromatic rings. The van der Waals surface area contributed by atoms with E-state index in [1.807, 2.05) is 24.3 Å². The van der Waals surface area contributed by atoms with Gasteiger partial charge in [0.1, 0.15) is 6.42 Å². The molecular formula is C17H23F3N2O2. The average Bonchev–Trinajstić information content (AvgIpc) is 2.43. The van der Waals surface area contributed by atoms with Gasteiger partial charge >= 0.3 is 6.18 Å². The predicted octanol–water partition coefficient (Wildman–Crippen LogP) is 2.86. The summed E-state index contributed by atoms with van der Waals surface area (Å²) < 4.78 is 42.0. The molecule has 1 heterocycles. The second-order valence-corrected chi connectivity index (χ2v) is 6.34. The smallest absolute Gasteiger partial charge is 0.373 e. The molecule has 134 valence electrons. The van der Waals surface area contributed by atoms with Crippen LogP contribution in [0.3, 0.4) is 0 Å². The van der Waals surface area contributed by atoms with E-state index in [9.17, 15) is 18.0 Å². The van der Waals surface area contributed by atoms with Gasteiger partial charge in [-0.3, -0.25) is 9.69 Å². The number of hydrogen-bond donors (Lipinski definition) is 1. The van der Waals surface area contributed by atoms with E-state index < -0.39 is 18.5 Å². The maximum atomic E-state index is 12.1. The second kappa shape index (κ2) is 7.98. The molecule has 0 unspecified atom stereocenters. The first-order valence-corrected chi connectivity index (χ1v) is 8.00. The molecule has 0 aromatic heterocycles. The van der Waals surface area contributed by atoms with E-state index in [-0.39, 0.29) is 18.8 Å². The van der Waals surface area contributed by atoms with Crippen LogP contribution in [-0.2, 0) is 22.6 Å². The Bertz CT molecular complexity index is 536. The minimum atomic E-state index is -4.47. The van der Waals surface area contributed by atoms with Crippen LogP contribution in [0.1, 0.15) is 31.4 Å². The number of amides is 1. The van der Waals surface area contributed by atoms with Gasteiger partial charge in [-0.1, -0.05) is 24.3 Å². The fourth-order valence-corrected chi connectivity index (χ4v) is 2.88. The lowest BCUT2D eigenvalue weighted by atomic mass is 10.1. The molecule has 1 aliphatic heterocycles. The number of benzene rings is 1. The normalized spacial score (nSPS) is 22.4. The first kappa shape index (κ1) is 18.7. The van der Waals surface area contributed by atoms with Gasteiger partial charge in [-0.25, -0.2) is 0 Å². The molecule has 0 spiro atoms. The van der Waals surface area contributed by atoms with E-state index in [0.29, 0.717) is 0 Å². The highest BCUT2D eigenvalue weighted by Crippen LogP contribution is 2.19. The van der Waals surface area contributed by atoms with Gasteiger partial charge in [0, 0.05) is 26.2 Å². The van der Waals surface area contributed by atoms with Crippen molar-refractivity contribution >= 4 is 5.91 Å². The van der Waals surface area contributed by atoms with E-state index in [4.69, 9.17) is 4.74 Å². The quantitative estimate of drug-likeness (QED) is 0.893. The van der Waals surface area contributed by atoms with Crippen LogP contribution in [-0.4, -0.2) is 42.3 Å².